The van der Waals surface area contributed by atoms with Crippen LogP contribution in [0.5, 0.6) is 0 Å². The molecule has 0 aromatic rings. The third-order valence-corrected chi connectivity index (χ3v) is 6.11. The van der Waals surface area contributed by atoms with Gasteiger partial charge in [-0.05, 0) is 38.5 Å². The van der Waals surface area contributed by atoms with Gasteiger partial charge in [0, 0.05) is 5.41 Å². The molecule has 1 aliphatic heterocycles. The van der Waals surface area contributed by atoms with Crippen molar-refractivity contribution in [1.29, 1.82) is 0 Å². The minimum absolute atomic E-state index is 0.106. The van der Waals surface area contributed by atoms with E-state index in [9.17, 15) is 8.42 Å². The monoisotopic (exact) mass is 228 g/mol. The summed E-state index contributed by atoms with van der Waals surface area (Å²) in [5.74, 6) is 0.462. The molecule has 4 rings (SSSR count). The van der Waals surface area contributed by atoms with Crippen molar-refractivity contribution in [1.82, 2.24) is 0 Å². The lowest BCUT2D eigenvalue weighted by Crippen LogP contribution is -2.53. The van der Waals surface area contributed by atoms with E-state index in [1.807, 2.05) is 6.92 Å². The lowest BCUT2D eigenvalue weighted by molar-refractivity contribution is 0.0761. The Balaban J connectivity index is 2.09. The first kappa shape index (κ1) is 9.85. The Morgan fingerprint density at radius 1 is 1.47 bits per heavy atom. The number of hydrogen-bond donors (Lipinski definition) is 0. The van der Waals surface area contributed by atoms with Crippen molar-refractivity contribution in [2.24, 2.45) is 11.3 Å². The molecule has 4 heteroatoms. The van der Waals surface area contributed by atoms with Crippen molar-refractivity contribution < 1.29 is 12.6 Å². The number of allylic oxidation sites excluding steroid dienone is 2. The molecule has 3 nitrogen and oxygen atoms in total. The van der Waals surface area contributed by atoms with Crippen LogP contribution in [0, 0.1) is 11.3 Å². The fourth-order valence-corrected chi connectivity index (χ4v) is 5.52. The summed E-state index contributed by atoms with van der Waals surface area (Å²) in [5.41, 5.74) is -0.106. The summed E-state index contributed by atoms with van der Waals surface area (Å²) in [6.07, 6.45) is 8.01. The quantitative estimate of drug-likeness (QED) is 0.469. The molecule has 1 heterocycles. The Morgan fingerprint density at radius 2 is 2.27 bits per heavy atom. The van der Waals surface area contributed by atoms with Gasteiger partial charge in [0.1, 0.15) is 0 Å². The van der Waals surface area contributed by atoms with Gasteiger partial charge in [-0.2, -0.15) is 8.42 Å². The zero-order valence-corrected chi connectivity index (χ0v) is 9.66. The summed E-state index contributed by atoms with van der Waals surface area (Å²) in [4.78, 5) is 0. The minimum Gasteiger partial charge on any atom is -0.267 e. The smallest absolute Gasteiger partial charge is 0.267 e. The van der Waals surface area contributed by atoms with E-state index in [0.29, 0.717) is 5.92 Å². The van der Waals surface area contributed by atoms with E-state index in [0.717, 1.165) is 25.7 Å². The van der Waals surface area contributed by atoms with Crippen molar-refractivity contribution in [2.75, 3.05) is 0 Å². The Morgan fingerprint density at radius 3 is 2.93 bits per heavy atom. The predicted octanol–water partition coefficient (Wildman–Crippen LogP) is 1.85. The second-order valence-corrected chi connectivity index (χ2v) is 6.97. The van der Waals surface area contributed by atoms with Crippen LogP contribution in [0.25, 0.3) is 0 Å². The van der Waals surface area contributed by atoms with E-state index in [2.05, 4.69) is 12.2 Å². The lowest BCUT2D eigenvalue weighted by atomic mass is 9.63. The Labute approximate surface area is 90.6 Å². The topological polar surface area (TPSA) is 43.4 Å². The maximum absolute atomic E-state index is 12.0. The lowest BCUT2D eigenvalue weighted by Gasteiger charge is -2.51. The van der Waals surface area contributed by atoms with Crippen LogP contribution >= 0.6 is 0 Å². The molecule has 0 aromatic heterocycles. The fourth-order valence-electron chi connectivity index (χ4n) is 3.51. The maximum atomic E-state index is 12.0. The van der Waals surface area contributed by atoms with Crippen LogP contribution in [0.4, 0.5) is 0 Å². The average molecular weight is 228 g/mol. The molecule has 4 aliphatic rings. The highest BCUT2D eigenvalue weighted by atomic mass is 32.2. The molecule has 84 valence electrons. The standard InChI is InChI=1S/C11H16O3S/c1-8-7-11-4-2-9(3-5-11)6-10(11)15(12,13)14-8/h2,4,8-10H,3,5-7H2,1H3. The van der Waals surface area contributed by atoms with Crippen LogP contribution in [0.1, 0.15) is 32.6 Å². The first-order valence-corrected chi connectivity index (χ1v) is 7.10. The fraction of sp³-hybridized carbons (Fsp3) is 0.818. The highest BCUT2D eigenvalue weighted by Gasteiger charge is 2.55. The molecule has 0 amide bonds. The normalized spacial score (nSPS) is 51.4. The Hall–Kier alpha value is -0.350. The van der Waals surface area contributed by atoms with Crippen molar-refractivity contribution in [3.8, 4) is 0 Å². The van der Waals surface area contributed by atoms with E-state index in [1.54, 1.807) is 0 Å². The van der Waals surface area contributed by atoms with Crippen LogP contribution in [0.15, 0.2) is 12.2 Å². The highest BCUT2D eigenvalue weighted by molar-refractivity contribution is 7.87. The van der Waals surface area contributed by atoms with Gasteiger partial charge >= 0.3 is 0 Å². The molecule has 2 bridgehead atoms. The second kappa shape index (κ2) is 2.86. The zero-order chi connectivity index (χ0) is 10.7. The minimum atomic E-state index is -3.32. The third-order valence-electron chi connectivity index (χ3n) is 4.15. The van der Waals surface area contributed by atoms with E-state index < -0.39 is 10.1 Å². The van der Waals surface area contributed by atoms with Gasteiger partial charge in [0.15, 0.2) is 0 Å². The first-order chi connectivity index (χ1) is 7.02. The molecule has 0 N–H and O–H groups in total. The Bertz CT molecular complexity index is 412. The molecule has 4 unspecified atom stereocenters. The molecule has 2 fully saturated rings. The summed E-state index contributed by atoms with van der Waals surface area (Å²) in [6, 6.07) is 0. The van der Waals surface area contributed by atoms with E-state index >= 15 is 0 Å². The number of hydrogen-bond acceptors (Lipinski definition) is 3. The molecule has 4 atom stereocenters. The predicted molar refractivity (Wildman–Crippen MR) is 56.8 cm³/mol. The summed E-state index contributed by atoms with van der Waals surface area (Å²) in [6.45, 7) is 1.86. The first-order valence-electron chi connectivity index (χ1n) is 5.63. The van der Waals surface area contributed by atoms with Crippen LogP contribution < -0.4 is 0 Å². The van der Waals surface area contributed by atoms with E-state index in [1.165, 1.54) is 0 Å². The molecule has 15 heavy (non-hydrogen) atoms. The molecule has 1 spiro atoms. The van der Waals surface area contributed by atoms with Gasteiger partial charge in [0.05, 0.1) is 11.4 Å². The van der Waals surface area contributed by atoms with Gasteiger partial charge in [-0.1, -0.05) is 12.2 Å². The SMILES string of the molecule is CC1CC23C=CC(CC2)CC3S(=O)(=O)O1. The van der Waals surface area contributed by atoms with Gasteiger partial charge in [-0.3, -0.25) is 4.18 Å². The molecule has 1 saturated heterocycles. The van der Waals surface area contributed by atoms with Gasteiger partial charge in [-0.25, -0.2) is 0 Å². The van der Waals surface area contributed by atoms with Crippen molar-refractivity contribution in [2.45, 2.75) is 44.0 Å². The summed E-state index contributed by atoms with van der Waals surface area (Å²) in [5, 5.41) is -0.273. The van der Waals surface area contributed by atoms with Crippen LogP contribution in [-0.4, -0.2) is 19.8 Å². The molecule has 0 radical (unpaired) electrons. The molecule has 1 saturated carbocycles. The van der Waals surface area contributed by atoms with Gasteiger partial charge in [0.2, 0.25) is 0 Å². The average Bonchev–Trinajstić information content (AvgIpc) is 2.16. The van der Waals surface area contributed by atoms with Crippen molar-refractivity contribution in [3.63, 3.8) is 0 Å². The summed E-state index contributed by atoms with van der Waals surface area (Å²) >= 11 is 0. The molecular weight excluding hydrogens is 212 g/mol. The van der Waals surface area contributed by atoms with Crippen LogP contribution in [0.3, 0.4) is 0 Å². The number of fused-ring (bicyclic) bond motifs is 1. The van der Waals surface area contributed by atoms with Crippen LogP contribution in [0.2, 0.25) is 0 Å². The zero-order valence-electron chi connectivity index (χ0n) is 8.85. The summed E-state index contributed by atoms with van der Waals surface area (Å²) in [7, 11) is -3.32. The highest BCUT2D eigenvalue weighted by Crippen LogP contribution is 2.54. The third kappa shape index (κ3) is 1.31. The van der Waals surface area contributed by atoms with E-state index in [4.69, 9.17) is 4.18 Å². The maximum Gasteiger partial charge on any atom is 0.271 e. The van der Waals surface area contributed by atoms with Crippen molar-refractivity contribution >= 4 is 10.1 Å². The molecular formula is C11H16O3S. The van der Waals surface area contributed by atoms with Crippen LogP contribution in [-0.2, 0) is 14.3 Å². The Kier molecular flexibility index (Phi) is 1.88. The second-order valence-electron chi connectivity index (χ2n) is 5.22. The van der Waals surface area contributed by atoms with Gasteiger partial charge in [0.25, 0.3) is 10.1 Å². The summed E-state index contributed by atoms with van der Waals surface area (Å²) < 4.78 is 29.0. The molecule has 0 aromatic carbocycles. The van der Waals surface area contributed by atoms with Crippen molar-refractivity contribution in [3.05, 3.63) is 12.2 Å². The largest absolute Gasteiger partial charge is 0.271 e. The van der Waals surface area contributed by atoms with E-state index in [-0.39, 0.29) is 16.8 Å². The number of rotatable bonds is 0. The van der Waals surface area contributed by atoms with Gasteiger partial charge < -0.3 is 0 Å². The molecule has 3 aliphatic carbocycles. The van der Waals surface area contributed by atoms with Gasteiger partial charge in [-0.15, -0.1) is 0 Å².